The summed E-state index contributed by atoms with van der Waals surface area (Å²) in [4.78, 5) is 23.7. The summed E-state index contributed by atoms with van der Waals surface area (Å²) in [6.45, 7) is 0. The number of amides is 1. The fourth-order valence-electron chi connectivity index (χ4n) is 3.28. The zero-order valence-corrected chi connectivity index (χ0v) is 11.3. The van der Waals surface area contributed by atoms with Gasteiger partial charge in [-0.05, 0) is 30.4 Å². The number of anilines is 1. The van der Waals surface area contributed by atoms with Crippen LogP contribution in [0.15, 0.2) is 36.4 Å². The Morgan fingerprint density at radius 3 is 2.45 bits per heavy atom. The number of carbonyl (C=O) groups is 2. The molecule has 4 atom stereocenters. The Bertz CT molecular complexity index is 599. The average Bonchev–Trinajstić information content (AvgIpc) is 3.01. The first kappa shape index (κ1) is 13.2. The van der Waals surface area contributed by atoms with Crippen LogP contribution in [0.5, 0.6) is 0 Å². The van der Waals surface area contributed by atoms with E-state index in [0.717, 1.165) is 0 Å². The van der Waals surface area contributed by atoms with Gasteiger partial charge < -0.3 is 15.2 Å². The number of aliphatic carboxylic acids is 1. The highest BCUT2D eigenvalue weighted by Gasteiger charge is 2.48. The number of para-hydroxylation sites is 1. The quantitative estimate of drug-likeness (QED) is 0.857. The van der Waals surface area contributed by atoms with Crippen molar-refractivity contribution in [2.24, 2.45) is 23.7 Å². The smallest absolute Gasteiger partial charge is 0.228 e. The van der Waals surface area contributed by atoms with E-state index >= 15 is 0 Å². The van der Waals surface area contributed by atoms with E-state index in [1.54, 1.807) is 24.3 Å². The predicted molar refractivity (Wildman–Crippen MR) is 72.8 cm³/mol. The molecule has 2 aliphatic carbocycles. The van der Waals surface area contributed by atoms with Crippen LogP contribution in [-0.2, 0) is 9.59 Å². The Morgan fingerprint density at radius 1 is 1.15 bits per heavy atom. The van der Waals surface area contributed by atoms with Crippen LogP contribution in [-0.4, -0.2) is 11.9 Å². The second kappa shape index (κ2) is 4.94. The number of carboxylic acids is 1. The first-order valence-electron chi connectivity index (χ1n) is 6.52. The maximum atomic E-state index is 12.4. The Balaban J connectivity index is 1.82. The van der Waals surface area contributed by atoms with Gasteiger partial charge in [-0.15, -0.1) is 0 Å². The lowest BCUT2D eigenvalue weighted by Crippen LogP contribution is -2.42. The van der Waals surface area contributed by atoms with Gasteiger partial charge in [0.2, 0.25) is 5.91 Å². The number of rotatable bonds is 3. The Kier molecular flexibility index (Phi) is 3.26. The molecule has 1 amide bonds. The van der Waals surface area contributed by atoms with Crippen LogP contribution >= 0.6 is 11.6 Å². The fraction of sp³-hybridized carbons (Fsp3) is 0.333. The summed E-state index contributed by atoms with van der Waals surface area (Å²) in [5.41, 5.74) is 0.503. The summed E-state index contributed by atoms with van der Waals surface area (Å²) in [6, 6.07) is 6.89. The van der Waals surface area contributed by atoms with E-state index < -0.39 is 17.8 Å². The van der Waals surface area contributed by atoms with Crippen LogP contribution in [0.3, 0.4) is 0 Å². The second-order valence-electron chi connectivity index (χ2n) is 5.29. The topological polar surface area (TPSA) is 69.2 Å². The molecule has 104 valence electrons. The molecule has 1 aromatic rings. The van der Waals surface area contributed by atoms with Crippen LogP contribution in [0, 0.1) is 23.7 Å². The highest BCUT2D eigenvalue weighted by Crippen LogP contribution is 2.48. The average molecular weight is 291 g/mol. The maximum absolute atomic E-state index is 12.4. The minimum Gasteiger partial charge on any atom is -0.550 e. The Morgan fingerprint density at radius 2 is 1.80 bits per heavy atom. The summed E-state index contributed by atoms with van der Waals surface area (Å²) in [6.07, 6.45) is 4.52. The molecule has 1 fully saturated rings. The van der Waals surface area contributed by atoms with E-state index in [2.05, 4.69) is 5.32 Å². The van der Waals surface area contributed by atoms with Gasteiger partial charge in [-0.3, -0.25) is 4.79 Å². The van der Waals surface area contributed by atoms with E-state index in [4.69, 9.17) is 11.6 Å². The van der Waals surface area contributed by atoms with Gasteiger partial charge in [0.15, 0.2) is 0 Å². The molecule has 0 heterocycles. The summed E-state index contributed by atoms with van der Waals surface area (Å²) in [5, 5.41) is 14.4. The van der Waals surface area contributed by atoms with Gasteiger partial charge in [0.25, 0.3) is 0 Å². The van der Waals surface area contributed by atoms with Gasteiger partial charge in [-0.1, -0.05) is 35.9 Å². The molecule has 1 N–H and O–H groups in total. The predicted octanol–water partition coefficient (Wildman–Crippen LogP) is 1.47. The third-order valence-electron chi connectivity index (χ3n) is 4.17. The van der Waals surface area contributed by atoms with Crippen molar-refractivity contribution in [2.75, 3.05) is 5.32 Å². The second-order valence-corrected chi connectivity index (χ2v) is 5.70. The summed E-state index contributed by atoms with van der Waals surface area (Å²) in [5.74, 6) is -2.89. The Labute approximate surface area is 121 Å². The molecule has 1 aromatic carbocycles. The largest absolute Gasteiger partial charge is 0.550 e. The number of carbonyl (C=O) groups excluding carboxylic acids is 2. The molecule has 0 radical (unpaired) electrons. The third kappa shape index (κ3) is 2.10. The fourth-order valence-corrected chi connectivity index (χ4v) is 3.46. The highest BCUT2D eigenvalue weighted by atomic mass is 35.5. The van der Waals surface area contributed by atoms with Crippen molar-refractivity contribution in [3.05, 3.63) is 41.4 Å². The summed E-state index contributed by atoms with van der Waals surface area (Å²) < 4.78 is 0. The number of allylic oxidation sites excluding steroid dienone is 2. The van der Waals surface area contributed by atoms with Crippen molar-refractivity contribution in [1.82, 2.24) is 0 Å². The van der Waals surface area contributed by atoms with E-state index in [1.165, 1.54) is 0 Å². The third-order valence-corrected chi connectivity index (χ3v) is 4.50. The number of halogens is 1. The SMILES string of the molecule is O=C(Nc1ccccc1Cl)[C@@H]1[C@H](C(=O)[O-])[C@@H]2C=C[C@H]1C2. The molecule has 3 rings (SSSR count). The van der Waals surface area contributed by atoms with Crippen molar-refractivity contribution in [3.63, 3.8) is 0 Å². The first-order chi connectivity index (χ1) is 9.58. The van der Waals surface area contributed by atoms with Crippen LogP contribution in [0.2, 0.25) is 5.02 Å². The molecule has 4 nitrogen and oxygen atoms in total. The molecular formula is C15H13ClNO3-. The molecular weight excluding hydrogens is 278 g/mol. The number of benzene rings is 1. The van der Waals surface area contributed by atoms with Gasteiger partial charge in [0, 0.05) is 11.9 Å². The van der Waals surface area contributed by atoms with Crippen molar-refractivity contribution in [2.45, 2.75) is 6.42 Å². The van der Waals surface area contributed by atoms with Crippen LogP contribution in [0.1, 0.15) is 6.42 Å². The monoisotopic (exact) mass is 290 g/mol. The van der Waals surface area contributed by atoms with Gasteiger partial charge in [-0.25, -0.2) is 0 Å². The zero-order valence-electron chi connectivity index (χ0n) is 10.6. The number of hydrogen-bond donors (Lipinski definition) is 1. The van der Waals surface area contributed by atoms with E-state index in [9.17, 15) is 14.7 Å². The van der Waals surface area contributed by atoms with E-state index in [-0.39, 0.29) is 17.7 Å². The Hall–Kier alpha value is -1.81. The van der Waals surface area contributed by atoms with Crippen molar-refractivity contribution < 1.29 is 14.7 Å². The van der Waals surface area contributed by atoms with Crippen LogP contribution in [0.4, 0.5) is 5.69 Å². The lowest BCUT2D eigenvalue weighted by Gasteiger charge is -2.27. The lowest BCUT2D eigenvalue weighted by molar-refractivity contribution is -0.313. The number of nitrogens with one attached hydrogen (secondary N) is 1. The van der Waals surface area contributed by atoms with Gasteiger partial charge in [0.05, 0.1) is 16.6 Å². The van der Waals surface area contributed by atoms with Crippen molar-refractivity contribution >= 4 is 29.2 Å². The molecule has 0 saturated heterocycles. The number of carboxylic acid groups (broad SMARTS) is 1. The first-order valence-corrected chi connectivity index (χ1v) is 6.90. The van der Waals surface area contributed by atoms with E-state index in [0.29, 0.717) is 17.1 Å². The zero-order chi connectivity index (χ0) is 14.3. The van der Waals surface area contributed by atoms with Crippen molar-refractivity contribution in [1.29, 1.82) is 0 Å². The summed E-state index contributed by atoms with van der Waals surface area (Å²) in [7, 11) is 0. The molecule has 20 heavy (non-hydrogen) atoms. The van der Waals surface area contributed by atoms with Crippen LogP contribution < -0.4 is 10.4 Å². The normalized spacial score (nSPS) is 30.4. The number of hydrogen-bond acceptors (Lipinski definition) is 3. The van der Waals surface area contributed by atoms with E-state index in [1.807, 2.05) is 12.2 Å². The molecule has 2 bridgehead atoms. The molecule has 2 aliphatic rings. The minimum atomic E-state index is -1.15. The van der Waals surface area contributed by atoms with Crippen LogP contribution in [0.25, 0.3) is 0 Å². The lowest BCUT2D eigenvalue weighted by atomic mass is 9.82. The standard InChI is InChI=1S/C15H14ClNO3/c16-10-3-1-2-4-11(10)17-14(18)12-8-5-6-9(7-8)13(12)15(19)20/h1-6,8-9,12-13H,7H2,(H,17,18)(H,19,20)/p-1/t8-,9+,12-,13+/m0/s1. The van der Waals surface area contributed by atoms with Gasteiger partial charge >= 0.3 is 0 Å². The number of fused-ring (bicyclic) bond motifs is 2. The molecule has 1 saturated carbocycles. The summed E-state index contributed by atoms with van der Waals surface area (Å²) >= 11 is 6.00. The molecule has 0 aliphatic heterocycles. The molecule has 5 heteroatoms. The maximum Gasteiger partial charge on any atom is 0.228 e. The molecule has 0 aromatic heterocycles. The highest BCUT2D eigenvalue weighted by molar-refractivity contribution is 6.33. The minimum absolute atomic E-state index is 0.0228. The van der Waals surface area contributed by atoms with Gasteiger partial charge in [0.1, 0.15) is 0 Å². The van der Waals surface area contributed by atoms with Gasteiger partial charge in [-0.2, -0.15) is 0 Å². The molecule has 0 spiro atoms. The van der Waals surface area contributed by atoms with Crippen molar-refractivity contribution in [3.8, 4) is 0 Å². The molecule has 0 unspecified atom stereocenters.